The van der Waals surface area contributed by atoms with Gasteiger partial charge in [-0.15, -0.1) is 0 Å². The Kier molecular flexibility index (Phi) is 1.79. The van der Waals surface area contributed by atoms with Crippen LogP contribution in [0.5, 0.6) is 0 Å². The lowest BCUT2D eigenvalue weighted by atomic mass is 10.2. The highest BCUT2D eigenvalue weighted by Crippen LogP contribution is 2.31. The van der Waals surface area contributed by atoms with Gasteiger partial charge in [0.1, 0.15) is 0 Å². The molecule has 72 valence electrons. The van der Waals surface area contributed by atoms with E-state index in [0.717, 1.165) is 5.52 Å². The van der Waals surface area contributed by atoms with Gasteiger partial charge in [-0.1, -0.05) is 25.0 Å². The fraction of sp³-hybridized carbons (Fsp3) is 0.417. The van der Waals surface area contributed by atoms with Gasteiger partial charge in [-0.05, 0) is 25.0 Å². The predicted octanol–water partition coefficient (Wildman–Crippen LogP) is 3.15. The summed E-state index contributed by atoms with van der Waals surface area (Å²) in [5.74, 6) is 0. The first-order chi connectivity index (χ1) is 6.95. The lowest BCUT2D eigenvalue weighted by molar-refractivity contribution is 0.532. The molecule has 1 aliphatic rings. The van der Waals surface area contributed by atoms with Gasteiger partial charge in [-0.25, -0.2) is 4.98 Å². The third kappa shape index (κ3) is 1.14. The molecule has 0 aliphatic heterocycles. The molecule has 1 aromatic heterocycles. The number of hydrogen-bond donors (Lipinski definition) is 0. The minimum Gasteiger partial charge on any atom is -0.327 e. The van der Waals surface area contributed by atoms with Crippen LogP contribution in [0.3, 0.4) is 0 Å². The maximum Gasteiger partial charge on any atom is 0.0960 e. The monoisotopic (exact) mass is 186 g/mol. The van der Waals surface area contributed by atoms with Crippen LogP contribution in [0.4, 0.5) is 0 Å². The van der Waals surface area contributed by atoms with Gasteiger partial charge in [-0.3, -0.25) is 0 Å². The molecule has 1 heterocycles. The van der Waals surface area contributed by atoms with Gasteiger partial charge < -0.3 is 4.57 Å². The Morgan fingerprint density at radius 1 is 1.14 bits per heavy atom. The molecule has 0 spiro atoms. The molecule has 0 amide bonds. The predicted molar refractivity (Wildman–Crippen MR) is 57.2 cm³/mol. The van der Waals surface area contributed by atoms with E-state index >= 15 is 0 Å². The van der Waals surface area contributed by atoms with Crippen molar-refractivity contribution in [1.29, 1.82) is 0 Å². The van der Waals surface area contributed by atoms with E-state index in [9.17, 15) is 0 Å². The largest absolute Gasteiger partial charge is 0.327 e. The summed E-state index contributed by atoms with van der Waals surface area (Å²) in [6, 6.07) is 9.09. The zero-order chi connectivity index (χ0) is 9.38. The second-order valence-corrected chi connectivity index (χ2v) is 4.08. The highest BCUT2D eigenvalue weighted by atomic mass is 15.1. The minimum atomic E-state index is 0.697. The molecule has 2 nitrogen and oxygen atoms in total. The molecule has 0 atom stereocenters. The van der Waals surface area contributed by atoms with E-state index in [1.807, 2.05) is 12.4 Å². The summed E-state index contributed by atoms with van der Waals surface area (Å²) in [6.07, 6.45) is 7.38. The van der Waals surface area contributed by atoms with Gasteiger partial charge in [-0.2, -0.15) is 0 Å². The molecule has 2 heteroatoms. The van der Waals surface area contributed by atoms with Crippen molar-refractivity contribution in [3.63, 3.8) is 0 Å². The number of aromatic nitrogens is 2. The molecular formula is C12H14N2. The number of imidazole rings is 1. The van der Waals surface area contributed by atoms with Crippen molar-refractivity contribution in [3.8, 4) is 0 Å². The quantitative estimate of drug-likeness (QED) is 0.669. The van der Waals surface area contributed by atoms with Crippen molar-refractivity contribution in [1.82, 2.24) is 9.55 Å². The molecule has 1 aliphatic carbocycles. The highest BCUT2D eigenvalue weighted by molar-refractivity contribution is 5.75. The summed E-state index contributed by atoms with van der Waals surface area (Å²) in [5.41, 5.74) is 2.42. The number of hydrogen-bond acceptors (Lipinski definition) is 1. The standard InChI is InChI=1S/C12H14N2/c1-2-6-10(5-1)14-9-13-11-7-3-4-8-12(11)14/h3-4,7-10H,1-2,5-6H2. The Bertz CT molecular complexity index is 438. The van der Waals surface area contributed by atoms with E-state index < -0.39 is 0 Å². The van der Waals surface area contributed by atoms with E-state index in [4.69, 9.17) is 0 Å². The van der Waals surface area contributed by atoms with E-state index in [-0.39, 0.29) is 0 Å². The van der Waals surface area contributed by atoms with E-state index in [1.165, 1.54) is 31.2 Å². The number of para-hydroxylation sites is 2. The SMILES string of the molecule is c1ccc2c(c1)ncn2C1CCCC1. The minimum absolute atomic E-state index is 0.697. The number of nitrogens with zero attached hydrogens (tertiary/aromatic N) is 2. The molecule has 2 aromatic rings. The normalized spacial score (nSPS) is 18.0. The van der Waals surface area contributed by atoms with Crippen molar-refractivity contribution >= 4 is 11.0 Å². The fourth-order valence-electron chi connectivity index (χ4n) is 2.45. The zero-order valence-electron chi connectivity index (χ0n) is 8.19. The van der Waals surface area contributed by atoms with Crippen molar-refractivity contribution in [2.75, 3.05) is 0 Å². The molecule has 1 fully saturated rings. The average molecular weight is 186 g/mol. The van der Waals surface area contributed by atoms with Crippen LogP contribution in [0.25, 0.3) is 11.0 Å². The Morgan fingerprint density at radius 3 is 2.79 bits per heavy atom. The van der Waals surface area contributed by atoms with Gasteiger partial charge >= 0.3 is 0 Å². The second kappa shape index (κ2) is 3.12. The summed E-state index contributed by atoms with van der Waals surface area (Å²) >= 11 is 0. The Morgan fingerprint density at radius 2 is 1.93 bits per heavy atom. The van der Waals surface area contributed by atoms with Crippen LogP contribution < -0.4 is 0 Å². The lowest BCUT2D eigenvalue weighted by Crippen LogP contribution is -2.02. The van der Waals surface area contributed by atoms with Crippen molar-refractivity contribution < 1.29 is 0 Å². The molecule has 0 N–H and O–H groups in total. The van der Waals surface area contributed by atoms with Crippen LogP contribution in [-0.2, 0) is 0 Å². The summed E-state index contributed by atoms with van der Waals surface area (Å²) in [4.78, 5) is 4.43. The molecule has 0 bridgehead atoms. The second-order valence-electron chi connectivity index (χ2n) is 4.08. The van der Waals surface area contributed by atoms with Crippen LogP contribution >= 0.6 is 0 Å². The molecule has 0 unspecified atom stereocenters. The topological polar surface area (TPSA) is 17.8 Å². The molecule has 1 saturated carbocycles. The number of fused-ring (bicyclic) bond motifs is 1. The first-order valence-electron chi connectivity index (χ1n) is 5.37. The van der Waals surface area contributed by atoms with E-state index in [0.29, 0.717) is 6.04 Å². The summed E-state index contributed by atoms with van der Waals surface area (Å²) in [5, 5.41) is 0. The average Bonchev–Trinajstić information content (AvgIpc) is 2.85. The Balaban J connectivity index is 2.11. The van der Waals surface area contributed by atoms with Gasteiger partial charge in [0.2, 0.25) is 0 Å². The molecule has 1 aromatic carbocycles. The van der Waals surface area contributed by atoms with Crippen molar-refractivity contribution in [3.05, 3.63) is 30.6 Å². The molecule has 14 heavy (non-hydrogen) atoms. The zero-order valence-corrected chi connectivity index (χ0v) is 8.19. The molecule has 0 saturated heterocycles. The van der Waals surface area contributed by atoms with E-state index in [1.54, 1.807) is 0 Å². The van der Waals surface area contributed by atoms with Gasteiger partial charge in [0.15, 0.2) is 0 Å². The third-order valence-corrected chi connectivity index (χ3v) is 3.20. The van der Waals surface area contributed by atoms with Crippen LogP contribution in [-0.4, -0.2) is 9.55 Å². The van der Waals surface area contributed by atoms with Gasteiger partial charge in [0.05, 0.1) is 17.4 Å². The highest BCUT2D eigenvalue weighted by Gasteiger charge is 2.17. The molecule has 0 radical (unpaired) electrons. The summed E-state index contributed by atoms with van der Waals surface area (Å²) in [6.45, 7) is 0. The van der Waals surface area contributed by atoms with Crippen LogP contribution in [0, 0.1) is 0 Å². The van der Waals surface area contributed by atoms with E-state index in [2.05, 4.69) is 27.8 Å². The van der Waals surface area contributed by atoms with Gasteiger partial charge in [0.25, 0.3) is 0 Å². The molecular weight excluding hydrogens is 172 g/mol. The maximum atomic E-state index is 4.43. The van der Waals surface area contributed by atoms with Crippen LogP contribution in [0.2, 0.25) is 0 Å². The first kappa shape index (κ1) is 8.04. The number of rotatable bonds is 1. The third-order valence-electron chi connectivity index (χ3n) is 3.20. The Labute approximate surface area is 83.6 Å². The van der Waals surface area contributed by atoms with Crippen molar-refractivity contribution in [2.45, 2.75) is 31.7 Å². The fourth-order valence-corrected chi connectivity index (χ4v) is 2.45. The summed E-state index contributed by atoms with van der Waals surface area (Å²) < 4.78 is 2.35. The van der Waals surface area contributed by atoms with Crippen LogP contribution in [0.1, 0.15) is 31.7 Å². The molecule has 3 rings (SSSR count). The van der Waals surface area contributed by atoms with Crippen LogP contribution in [0.15, 0.2) is 30.6 Å². The number of benzene rings is 1. The van der Waals surface area contributed by atoms with Crippen molar-refractivity contribution in [2.24, 2.45) is 0 Å². The Hall–Kier alpha value is -1.31. The lowest BCUT2D eigenvalue weighted by Gasteiger charge is -2.11. The maximum absolute atomic E-state index is 4.43. The smallest absolute Gasteiger partial charge is 0.0960 e. The first-order valence-corrected chi connectivity index (χ1v) is 5.37. The van der Waals surface area contributed by atoms with Gasteiger partial charge in [0, 0.05) is 6.04 Å². The summed E-state index contributed by atoms with van der Waals surface area (Å²) in [7, 11) is 0.